The fourth-order valence-electron chi connectivity index (χ4n) is 1.91. The van der Waals surface area contributed by atoms with E-state index in [-0.39, 0.29) is 6.04 Å². The maximum Gasteiger partial charge on any atom is 0.0462 e. The molecule has 0 aliphatic heterocycles. The third kappa shape index (κ3) is 6.27. The summed E-state index contributed by atoms with van der Waals surface area (Å²) in [6.07, 6.45) is 5.89. The Morgan fingerprint density at radius 3 is 2.53 bits per heavy atom. The van der Waals surface area contributed by atoms with Gasteiger partial charge in [0.15, 0.2) is 0 Å². The van der Waals surface area contributed by atoms with E-state index in [4.69, 9.17) is 0 Å². The molecule has 0 spiro atoms. The Kier molecular flexibility index (Phi) is 7.39. The van der Waals surface area contributed by atoms with E-state index < -0.39 is 0 Å². The topological polar surface area (TPSA) is 24.1 Å². The molecule has 1 aromatic carbocycles. The number of benzene rings is 1. The Labute approximate surface area is 104 Å². The van der Waals surface area contributed by atoms with Gasteiger partial charge in [-0.05, 0) is 18.6 Å². The maximum atomic E-state index is 12.2. The molecule has 0 saturated heterocycles. The van der Waals surface area contributed by atoms with E-state index >= 15 is 0 Å². The predicted octanol–water partition coefficient (Wildman–Crippen LogP) is 3.91. The van der Waals surface area contributed by atoms with E-state index in [1.54, 1.807) is 5.54 Å². The van der Waals surface area contributed by atoms with Crippen molar-refractivity contribution in [3.63, 3.8) is 0 Å². The molecule has 1 unspecified atom stereocenters. The number of halogens is 1. The third-order valence-electron chi connectivity index (χ3n) is 2.87. The Bertz CT molecular complexity index is 277. The van der Waals surface area contributed by atoms with Crippen LogP contribution in [0.1, 0.15) is 39.0 Å². The first kappa shape index (κ1) is 14.0. The third-order valence-corrected chi connectivity index (χ3v) is 2.87. The number of unbranched alkanes of at least 4 members (excludes halogenated alkanes) is 3. The van der Waals surface area contributed by atoms with Gasteiger partial charge in [0.2, 0.25) is 0 Å². The zero-order chi connectivity index (χ0) is 12.3. The van der Waals surface area contributed by atoms with Crippen molar-refractivity contribution in [1.82, 2.24) is 5.54 Å². The Hall–Kier alpha value is -1.09. The minimum Gasteiger partial charge on any atom is -0.381 e. The van der Waals surface area contributed by atoms with Gasteiger partial charge < -0.3 is 5.32 Å². The van der Waals surface area contributed by atoms with Crippen LogP contribution in [-0.2, 0) is 0 Å². The number of rotatable bonds is 9. The first-order valence-electron chi connectivity index (χ1n) is 6.52. The van der Waals surface area contributed by atoms with Gasteiger partial charge in [0, 0.05) is 18.3 Å². The van der Waals surface area contributed by atoms with Gasteiger partial charge >= 0.3 is 0 Å². The first-order valence-corrected chi connectivity index (χ1v) is 6.52. The van der Waals surface area contributed by atoms with Crippen LogP contribution in [-0.4, -0.2) is 12.6 Å². The van der Waals surface area contributed by atoms with E-state index in [9.17, 15) is 4.48 Å². The quantitative estimate of drug-likeness (QED) is 0.503. The van der Waals surface area contributed by atoms with Crippen molar-refractivity contribution in [1.29, 1.82) is 0 Å². The SMILES string of the molecule is CCCCCCC(CNF)Nc1ccccc1. The standard InChI is InChI=1S/C14H23FN2/c1-2-3-4-6-11-14(12-16-15)17-13-9-7-5-8-10-13/h5,7-10,14,16-17H,2-4,6,11-12H2,1H3. The number of hydrogen-bond donors (Lipinski definition) is 2. The van der Waals surface area contributed by atoms with Crippen molar-refractivity contribution in [2.75, 3.05) is 11.9 Å². The molecule has 0 aromatic heterocycles. The largest absolute Gasteiger partial charge is 0.381 e. The van der Waals surface area contributed by atoms with Gasteiger partial charge in [0.25, 0.3) is 0 Å². The summed E-state index contributed by atoms with van der Waals surface area (Å²) in [7, 11) is 0. The van der Waals surface area contributed by atoms with Gasteiger partial charge in [-0.2, -0.15) is 5.54 Å². The minimum atomic E-state index is 0.166. The molecule has 2 nitrogen and oxygen atoms in total. The van der Waals surface area contributed by atoms with Crippen LogP contribution in [0.2, 0.25) is 0 Å². The molecule has 3 heteroatoms. The molecule has 0 saturated carbocycles. The molecular weight excluding hydrogens is 215 g/mol. The molecule has 0 amide bonds. The number of hydrogen-bond acceptors (Lipinski definition) is 2. The van der Waals surface area contributed by atoms with E-state index in [1.165, 1.54) is 19.3 Å². The van der Waals surface area contributed by atoms with Crippen molar-refractivity contribution < 1.29 is 4.48 Å². The van der Waals surface area contributed by atoms with Gasteiger partial charge in [-0.25, -0.2) is 0 Å². The number of para-hydroxylation sites is 1. The summed E-state index contributed by atoms with van der Waals surface area (Å²) < 4.78 is 12.2. The highest BCUT2D eigenvalue weighted by Gasteiger charge is 2.07. The zero-order valence-electron chi connectivity index (χ0n) is 10.6. The highest BCUT2D eigenvalue weighted by atomic mass is 19.2. The van der Waals surface area contributed by atoms with Crippen LogP contribution in [0.4, 0.5) is 10.2 Å². The highest BCUT2D eigenvalue weighted by molar-refractivity contribution is 5.43. The lowest BCUT2D eigenvalue weighted by molar-refractivity contribution is 0.318. The van der Waals surface area contributed by atoms with Crippen LogP contribution in [0.25, 0.3) is 0 Å². The summed E-state index contributed by atoms with van der Waals surface area (Å²) in [5.74, 6) is 0. The first-order chi connectivity index (χ1) is 8.36. The van der Waals surface area contributed by atoms with Gasteiger partial charge in [0.05, 0.1) is 0 Å². The summed E-state index contributed by atoms with van der Waals surface area (Å²) >= 11 is 0. The average Bonchev–Trinajstić information content (AvgIpc) is 2.36. The van der Waals surface area contributed by atoms with Crippen LogP contribution in [0, 0.1) is 0 Å². The Morgan fingerprint density at radius 2 is 1.88 bits per heavy atom. The van der Waals surface area contributed by atoms with Crippen molar-refractivity contribution in [2.45, 2.75) is 45.1 Å². The normalized spacial score (nSPS) is 12.4. The fraction of sp³-hybridized carbons (Fsp3) is 0.571. The van der Waals surface area contributed by atoms with Crippen molar-refractivity contribution in [3.05, 3.63) is 30.3 Å². The van der Waals surface area contributed by atoms with E-state index in [1.807, 2.05) is 30.3 Å². The Morgan fingerprint density at radius 1 is 1.12 bits per heavy atom. The van der Waals surface area contributed by atoms with Crippen LogP contribution in [0.3, 0.4) is 0 Å². The molecule has 0 aliphatic carbocycles. The zero-order valence-corrected chi connectivity index (χ0v) is 10.6. The van der Waals surface area contributed by atoms with E-state index in [0.29, 0.717) is 6.54 Å². The smallest absolute Gasteiger partial charge is 0.0462 e. The molecule has 2 N–H and O–H groups in total. The van der Waals surface area contributed by atoms with Crippen molar-refractivity contribution >= 4 is 5.69 Å². The molecule has 1 atom stereocenters. The summed E-state index contributed by atoms with van der Waals surface area (Å²) in [4.78, 5) is 0. The second-order valence-electron chi connectivity index (χ2n) is 4.39. The van der Waals surface area contributed by atoms with Crippen LogP contribution in [0.15, 0.2) is 30.3 Å². The molecule has 0 radical (unpaired) electrons. The lowest BCUT2D eigenvalue weighted by Gasteiger charge is -2.18. The van der Waals surface area contributed by atoms with Gasteiger partial charge in [-0.15, -0.1) is 4.48 Å². The van der Waals surface area contributed by atoms with Crippen LogP contribution < -0.4 is 10.9 Å². The highest BCUT2D eigenvalue weighted by Crippen LogP contribution is 2.12. The molecule has 1 aromatic rings. The number of nitrogens with one attached hydrogen (secondary N) is 2. The lowest BCUT2D eigenvalue weighted by atomic mass is 10.1. The molecule has 0 fully saturated rings. The van der Waals surface area contributed by atoms with Gasteiger partial charge in [-0.3, -0.25) is 0 Å². The van der Waals surface area contributed by atoms with Crippen LogP contribution >= 0.6 is 0 Å². The van der Waals surface area contributed by atoms with Gasteiger partial charge in [0.1, 0.15) is 0 Å². The molecule has 0 bridgehead atoms. The summed E-state index contributed by atoms with van der Waals surface area (Å²) in [6.45, 7) is 2.56. The molecule has 17 heavy (non-hydrogen) atoms. The second-order valence-corrected chi connectivity index (χ2v) is 4.39. The summed E-state index contributed by atoms with van der Waals surface area (Å²) in [5, 5.41) is 3.35. The lowest BCUT2D eigenvalue weighted by Crippen LogP contribution is -2.29. The molecule has 96 valence electrons. The second kappa shape index (κ2) is 8.99. The van der Waals surface area contributed by atoms with E-state index in [0.717, 1.165) is 18.5 Å². The average molecular weight is 238 g/mol. The minimum absolute atomic E-state index is 0.166. The Balaban J connectivity index is 2.32. The van der Waals surface area contributed by atoms with Gasteiger partial charge in [-0.1, -0.05) is 50.8 Å². The fourth-order valence-corrected chi connectivity index (χ4v) is 1.91. The van der Waals surface area contributed by atoms with Crippen molar-refractivity contribution in [3.8, 4) is 0 Å². The molecular formula is C14H23FN2. The maximum absolute atomic E-state index is 12.2. The predicted molar refractivity (Wildman–Crippen MR) is 71.7 cm³/mol. The van der Waals surface area contributed by atoms with Crippen LogP contribution in [0.5, 0.6) is 0 Å². The summed E-state index contributed by atoms with van der Waals surface area (Å²) in [5.41, 5.74) is 2.83. The number of anilines is 1. The molecule has 1 rings (SSSR count). The van der Waals surface area contributed by atoms with Crippen molar-refractivity contribution in [2.24, 2.45) is 0 Å². The molecule has 0 aliphatic rings. The molecule has 0 heterocycles. The summed E-state index contributed by atoms with van der Waals surface area (Å²) in [6, 6.07) is 10.1. The van der Waals surface area contributed by atoms with E-state index in [2.05, 4.69) is 12.2 Å². The monoisotopic (exact) mass is 238 g/mol.